The molecule has 0 radical (unpaired) electrons. The van der Waals surface area contributed by atoms with Gasteiger partial charge in [-0.2, -0.15) is 10.1 Å². The molecule has 0 atom stereocenters. The molecule has 154 valence electrons. The molecule has 3 heterocycles. The standard InChI is InChI=1S/C17H14ClFN8O2S/c1-27(16-11-6-9(19)8-22-15(11)25-26-16)14-4-5-21-17(24-14)23-10-2-3-12(18)13(7-10)30(20,28)29/h2-8H,1H3,(H2,20,28,29)(H,21,23,24)(H,22,25,26). The van der Waals surface area contributed by atoms with Crippen molar-refractivity contribution in [2.75, 3.05) is 17.3 Å². The number of primary sulfonamides is 1. The van der Waals surface area contributed by atoms with Crippen molar-refractivity contribution in [2.45, 2.75) is 4.90 Å². The maximum atomic E-state index is 13.6. The SMILES string of the molecule is CN(c1ccnc(Nc2ccc(Cl)c(S(N)(=O)=O)c2)n1)c1n[nH]c2ncc(F)cc12. The van der Waals surface area contributed by atoms with Gasteiger partial charge in [-0.05, 0) is 30.3 Å². The van der Waals surface area contributed by atoms with Gasteiger partial charge in [0, 0.05) is 18.9 Å². The zero-order valence-electron chi connectivity index (χ0n) is 15.3. The van der Waals surface area contributed by atoms with Gasteiger partial charge in [0.15, 0.2) is 11.5 Å². The number of nitrogens with two attached hydrogens (primary N) is 1. The average Bonchev–Trinajstić information content (AvgIpc) is 3.11. The number of nitrogens with one attached hydrogen (secondary N) is 2. The quantitative estimate of drug-likeness (QED) is 0.423. The third-order valence-corrected chi connectivity index (χ3v) is 5.55. The largest absolute Gasteiger partial charge is 0.324 e. The van der Waals surface area contributed by atoms with Gasteiger partial charge in [0.1, 0.15) is 16.5 Å². The highest BCUT2D eigenvalue weighted by atomic mass is 35.5. The van der Waals surface area contributed by atoms with E-state index in [0.29, 0.717) is 28.4 Å². The number of hydrogen-bond acceptors (Lipinski definition) is 8. The summed E-state index contributed by atoms with van der Waals surface area (Å²) in [7, 11) is -2.29. The van der Waals surface area contributed by atoms with Crippen LogP contribution < -0.4 is 15.4 Å². The highest BCUT2D eigenvalue weighted by molar-refractivity contribution is 7.89. The number of aromatic nitrogens is 5. The molecule has 0 bridgehead atoms. The van der Waals surface area contributed by atoms with Crippen LogP contribution in [0.2, 0.25) is 5.02 Å². The smallest absolute Gasteiger partial charge is 0.239 e. The van der Waals surface area contributed by atoms with Gasteiger partial charge >= 0.3 is 0 Å². The first-order valence-electron chi connectivity index (χ1n) is 8.38. The van der Waals surface area contributed by atoms with Crippen molar-refractivity contribution in [3.8, 4) is 0 Å². The van der Waals surface area contributed by atoms with E-state index in [-0.39, 0.29) is 15.9 Å². The first-order valence-corrected chi connectivity index (χ1v) is 10.3. The van der Waals surface area contributed by atoms with E-state index in [1.807, 2.05) is 0 Å². The van der Waals surface area contributed by atoms with Crippen LogP contribution in [0.5, 0.6) is 0 Å². The molecule has 4 aromatic rings. The molecule has 0 aliphatic rings. The molecule has 0 fully saturated rings. The van der Waals surface area contributed by atoms with E-state index in [0.717, 1.165) is 6.20 Å². The van der Waals surface area contributed by atoms with Crippen molar-refractivity contribution < 1.29 is 12.8 Å². The molecule has 0 aliphatic heterocycles. The number of pyridine rings is 1. The van der Waals surface area contributed by atoms with Gasteiger partial charge in [0.25, 0.3) is 0 Å². The Morgan fingerprint density at radius 2 is 2.03 bits per heavy atom. The second-order valence-corrected chi connectivity index (χ2v) is 8.15. The van der Waals surface area contributed by atoms with Crippen LogP contribution in [0.4, 0.5) is 27.7 Å². The Balaban J connectivity index is 1.65. The van der Waals surface area contributed by atoms with Crippen molar-refractivity contribution >= 4 is 55.9 Å². The number of rotatable bonds is 5. The molecule has 4 N–H and O–H groups in total. The van der Waals surface area contributed by atoms with Gasteiger partial charge in [-0.1, -0.05) is 11.6 Å². The Hall–Kier alpha value is -3.35. The number of nitrogens with zero attached hydrogens (tertiary/aromatic N) is 5. The van der Waals surface area contributed by atoms with Crippen molar-refractivity contribution in [3.05, 3.63) is 53.6 Å². The molecule has 13 heteroatoms. The lowest BCUT2D eigenvalue weighted by atomic mass is 10.3. The Bertz CT molecular complexity index is 1360. The van der Waals surface area contributed by atoms with Gasteiger partial charge in [-0.15, -0.1) is 0 Å². The fourth-order valence-corrected chi connectivity index (χ4v) is 3.82. The highest BCUT2D eigenvalue weighted by Gasteiger charge is 2.16. The van der Waals surface area contributed by atoms with E-state index >= 15 is 0 Å². The van der Waals surface area contributed by atoms with Crippen LogP contribution in [-0.2, 0) is 10.0 Å². The van der Waals surface area contributed by atoms with Crippen LogP contribution in [0.1, 0.15) is 0 Å². The van der Waals surface area contributed by atoms with E-state index in [9.17, 15) is 12.8 Å². The van der Waals surface area contributed by atoms with Crippen LogP contribution >= 0.6 is 11.6 Å². The van der Waals surface area contributed by atoms with Gasteiger partial charge in [0.2, 0.25) is 16.0 Å². The normalized spacial score (nSPS) is 11.6. The summed E-state index contributed by atoms with van der Waals surface area (Å²) in [6, 6.07) is 7.20. The van der Waals surface area contributed by atoms with E-state index < -0.39 is 15.8 Å². The molecule has 4 rings (SSSR count). The van der Waals surface area contributed by atoms with Crippen molar-refractivity contribution in [3.63, 3.8) is 0 Å². The minimum Gasteiger partial charge on any atom is -0.324 e. The van der Waals surface area contributed by atoms with Gasteiger partial charge in [-0.3, -0.25) is 5.10 Å². The molecule has 0 saturated heterocycles. The van der Waals surface area contributed by atoms with Gasteiger partial charge in [0.05, 0.1) is 16.6 Å². The number of hydrogen-bond donors (Lipinski definition) is 3. The summed E-state index contributed by atoms with van der Waals surface area (Å²) in [6.45, 7) is 0. The summed E-state index contributed by atoms with van der Waals surface area (Å²) in [4.78, 5) is 13.9. The number of aromatic amines is 1. The fourth-order valence-electron chi connectivity index (χ4n) is 2.75. The Morgan fingerprint density at radius 1 is 1.23 bits per heavy atom. The summed E-state index contributed by atoms with van der Waals surface area (Å²) in [5.41, 5.74) is 0.807. The zero-order chi connectivity index (χ0) is 21.5. The second-order valence-electron chi connectivity index (χ2n) is 6.21. The molecule has 1 aromatic carbocycles. The predicted octanol–water partition coefficient (Wildman–Crippen LogP) is 2.70. The lowest BCUT2D eigenvalue weighted by Crippen LogP contribution is -2.14. The average molecular weight is 449 g/mol. The van der Waals surface area contributed by atoms with Crippen molar-refractivity contribution in [1.82, 2.24) is 25.1 Å². The monoisotopic (exact) mass is 448 g/mol. The fraction of sp³-hybridized carbons (Fsp3) is 0.0588. The maximum absolute atomic E-state index is 13.6. The number of anilines is 4. The van der Waals surface area contributed by atoms with E-state index in [1.165, 1.54) is 24.4 Å². The molecule has 0 aliphatic carbocycles. The Morgan fingerprint density at radius 3 is 2.80 bits per heavy atom. The van der Waals surface area contributed by atoms with Crippen LogP contribution in [0.25, 0.3) is 11.0 Å². The van der Waals surface area contributed by atoms with E-state index in [2.05, 4.69) is 30.5 Å². The predicted molar refractivity (Wildman–Crippen MR) is 110 cm³/mol. The first-order chi connectivity index (χ1) is 14.2. The minimum atomic E-state index is -3.99. The second kappa shape index (κ2) is 7.48. The number of benzene rings is 1. The number of halogens is 2. The molecule has 0 saturated carbocycles. The summed E-state index contributed by atoms with van der Waals surface area (Å²) in [5, 5.41) is 15.5. The molecular formula is C17H14ClFN8O2S. The highest BCUT2D eigenvalue weighted by Crippen LogP contribution is 2.29. The van der Waals surface area contributed by atoms with Crippen molar-refractivity contribution in [2.24, 2.45) is 5.14 Å². The third kappa shape index (κ3) is 3.87. The summed E-state index contributed by atoms with van der Waals surface area (Å²) < 4.78 is 36.9. The van der Waals surface area contributed by atoms with Gasteiger partial charge < -0.3 is 10.2 Å². The summed E-state index contributed by atoms with van der Waals surface area (Å²) in [6.07, 6.45) is 2.60. The lowest BCUT2D eigenvalue weighted by molar-refractivity contribution is 0.598. The summed E-state index contributed by atoms with van der Waals surface area (Å²) in [5.74, 6) is 0.568. The molecular weight excluding hydrogens is 435 g/mol. The van der Waals surface area contributed by atoms with Crippen molar-refractivity contribution in [1.29, 1.82) is 0 Å². The first kappa shape index (κ1) is 19.9. The minimum absolute atomic E-state index is 0.00343. The van der Waals surface area contributed by atoms with Crippen LogP contribution in [-0.4, -0.2) is 40.6 Å². The van der Waals surface area contributed by atoms with E-state index in [4.69, 9.17) is 16.7 Å². The topological polar surface area (TPSA) is 143 Å². The maximum Gasteiger partial charge on any atom is 0.239 e. The number of fused-ring (bicyclic) bond motifs is 1. The molecule has 3 aromatic heterocycles. The zero-order valence-corrected chi connectivity index (χ0v) is 16.9. The van der Waals surface area contributed by atoms with Crippen LogP contribution in [0.15, 0.2) is 47.6 Å². The summed E-state index contributed by atoms with van der Waals surface area (Å²) >= 11 is 5.90. The van der Waals surface area contributed by atoms with Crippen LogP contribution in [0.3, 0.4) is 0 Å². The number of sulfonamides is 1. The van der Waals surface area contributed by atoms with Crippen LogP contribution in [0, 0.1) is 5.82 Å². The Labute approximate surface area is 175 Å². The van der Waals surface area contributed by atoms with E-state index in [1.54, 1.807) is 24.1 Å². The molecule has 0 unspecified atom stereocenters. The molecule has 0 spiro atoms. The number of H-pyrrole nitrogens is 1. The third-order valence-electron chi connectivity index (χ3n) is 4.16. The molecule has 10 nitrogen and oxygen atoms in total. The molecule has 0 amide bonds. The lowest BCUT2D eigenvalue weighted by Gasteiger charge is -2.16. The Kier molecular flexibility index (Phi) is 4.97. The van der Waals surface area contributed by atoms with Gasteiger partial charge in [-0.25, -0.2) is 27.9 Å². The molecule has 30 heavy (non-hydrogen) atoms.